The van der Waals surface area contributed by atoms with E-state index in [2.05, 4.69) is 25.1 Å². The molecule has 2 nitrogen and oxygen atoms in total. The van der Waals surface area contributed by atoms with E-state index in [1.165, 1.54) is 32.1 Å². The lowest BCUT2D eigenvalue weighted by atomic mass is 9.85. The van der Waals surface area contributed by atoms with Crippen LogP contribution in [0.4, 0.5) is 0 Å². The number of hydrogen-bond donors (Lipinski definition) is 1. The van der Waals surface area contributed by atoms with E-state index in [1.54, 1.807) is 0 Å². The first-order chi connectivity index (χ1) is 12.1. The Hall–Kier alpha value is -1.64. The molecule has 3 heteroatoms. The Morgan fingerprint density at radius 1 is 1.00 bits per heavy atom. The molecule has 0 aromatic heterocycles. The highest BCUT2D eigenvalue weighted by Crippen LogP contribution is 2.34. The summed E-state index contributed by atoms with van der Waals surface area (Å²) >= 11 is 0. The second-order valence-electron chi connectivity index (χ2n) is 7.52. The fraction of sp³-hybridized carbons (Fsp3) is 0.435. The van der Waals surface area contributed by atoms with Crippen LogP contribution in [0.2, 0.25) is 0 Å². The highest BCUT2D eigenvalue weighted by molar-refractivity contribution is 5.85. The number of rotatable bonds is 5. The molecule has 1 atom stereocenters. The molecule has 0 heterocycles. The highest BCUT2D eigenvalue weighted by atomic mass is 35.5. The van der Waals surface area contributed by atoms with Crippen LogP contribution in [-0.2, 0) is 5.60 Å². The minimum absolute atomic E-state index is 0. The molecule has 1 aliphatic carbocycles. The van der Waals surface area contributed by atoms with Crippen molar-refractivity contribution < 1.29 is 5.11 Å². The maximum absolute atomic E-state index is 11.2. The van der Waals surface area contributed by atoms with E-state index < -0.39 is 5.60 Å². The zero-order valence-electron chi connectivity index (χ0n) is 15.8. The van der Waals surface area contributed by atoms with Crippen molar-refractivity contribution >= 4 is 18.1 Å². The van der Waals surface area contributed by atoms with E-state index in [4.69, 9.17) is 4.99 Å². The van der Waals surface area contributed by atoms with Gasteiger partial charge in [0.1, 0.15) is 0 Å². The van der Waals surface area contributed by atoms with E-state index in [9.17, 15) is 5.11 Å². The maximum Gasteiger partial charge on any atom is 0.0926 e. The molecule has 0 aliphatic heterocycles. The fourth-order valence-corrected chi connectivity index (χ4v) is 3.98. The van der Waals surface area contributed by atoms with Gasteiger partial charge in [-0.05, 0) is 43.4 Å². The predicted molar refractivity (Wildman–Crippen MR) is 113 cm³/mol. The molecule has 26 heavy (non-hydrogen) atoms. The van der Waals surface area contributed by atoms with Crippen molar-refractivity contribution in [1.29, 1.82) is 0 Å². The molecule has 1 aliphatic rings. The van der Waals surface area contributed by atoms with Crippen molar-refractivity contribution in [3.63, 3.8) is 0 Å². The number of benzene rings is 2. The Labute approximate surface area is 163 Å². The van der Waals surface area contributed by atoms with Gasteiger partial charge in [0.15, 0.2) is 0 Å². The number of aliphatic imine (C=N–C) groups is 1. The Balaban J connectivity index is 0.00000243. The second-order valence-corrected chi connectivity index (χ2v) is 7.52. The van der Waals surface area contributed by atoms with Gasteiger partial charge in [0.25, 0.3) is 0 Å². The summed E-state index contributed by atoms with van der Waals surface area (Å²) in [5, 5.41) is 11.2. The zero-order valence-corrected chi connectivity index (χ0v) is 16.6. The maximum atomic E-state index is 11.2. The van der Waals surface area contributed by atoms with Gasteiger partial charge in [-0.1, -0.05) is 73.9 Å². The first kappa shape index (κ1) is 20.7. The molecule has 0 radical (unpaired) electrons. The minimum Gasteiger partial charge on any atom is -0.385 e. The molecule has 1 fully saturated rings. The summed E-state index contributed by atoms with van der Waals surface area (Å²) in [6.45, 7) is 3.98. The van der Waals surface area contributed by atoms with Gasteiger partial charge >= 0.3 is 0 Å². The predicted octanol–water partition coefficient (Wildman–Crippen LogP) is 6.17. The van der Waals surface area contributed by atoms with Gasteiger partial charge < -0.3 is 5.11 Å². The first-order valence-corrected chi connectivity index (χ1v) is 9.47. The SMILES string of the molecule is CC(CC(C)(O)c1ccccc1-c1ccccc1)=NC1CCCCC1.Cl. The van der Waals surface area contributed by atoms with Crippen LogP contribution in [0, 0.1) is 0 Å². The van der Waals surface area contributed by atoms with Crippen molar-refractivity contribution in [3.8, 4) is 11.1 Å². The van der Waals surface area contributed by atoms with E-state index >= 15 is 0 Å². The van der Waals surface area contributed by atoms with Crippen LogP contribution in [0.5, 0.6) is 0 Å². The van der Waals surface area contributed by atoms with Crippen LogP contribution >= 0.6 is 12.4 Å². The van der Waals surface area contributed by atoms with Gasteiger partial charge in [0.05, 0.1) is 5.60 Å². The van der Waals surface area contributed by atoms with Crippen LogP contribution in [0.25, 0.3) is 11.1 Å². The van der Waals surface area contributed by atoms with Crippen LogP contribution in [-0.4, -0.2) is 16.9 Å². The largest absolute Gasteiger partial charge is 0.385 e. The van der Waals surface area contributed by atoms with Gasteiger partial charge in [0, 0.05) is 18.2 Å². The molecular weight excluding hydrogens is 342 g/mol. The summed E-state index contributed by atoms with van der Waals surface area (Å²) in [6, 6.07) is 18.9. The number of halogens is 1. The number of hydrogen-bond acceptors (Lipinski definition) is 2. The van der Waals surface area contributed by atoms with Crippen LogP contribution in [0.3, 0.4) is 0 Å². The summed E-state index contributed by atoms with van der Waals surface area (Å²) in [7, 11) is 0. The first-order valence-electron chi connectivity index (χ1n) is 9.47. The molecule has 0 spiro atoms. The van der Waals surface area contributed by atoms with Gasteiger partial charge in [0.2, 0.25) is 0 Å². The van der Waals surface area contributed by atoms with Gasteiger partial charge in [-0.3, -0.25) is 4.99 Å². The lowest BCUT2D eigenvalue weighted by Crippen LogP contribution is -2.26. The Bertz CT molecular complexity index is 718. The second kappa shape index (κ2) is 9.34. The minimum atomic E-state index is -0.922. The van der Waals surface area contributed by atoms with E-state index in [1.807, 2.05) is 43.3 Å². The van der Waals surface area contributed by atoms with Gasteiger partial charge in [-0.25, -0.2) is 0 Å². The molecule has 0 bridgehead atoms. The molecule has 3 rings (SSSR count). The highest BCUT2D eigenvalue weighted by Gasteiger charge is 2.27. The molecule has 140 valence electrons. The summed E-state index contributed by atoms with van der Waals surface area (Å²) in [4.78, 5) is 4.91. The molecule has 1 unspecified atom stereocenters. The third-order valence-corrected chi connectivity index (χ3v) is 5.17. The quantitative estimate of drug-likeness (QED) is 0.626. The number of nitrogens with zero attached hydrogens (tertiary/aromatic N) is 1. The standard InChI is InChI=1S/C23H29NO.ClH/c1-18(24-20-13-7-4-8-14-20)17-23(2,25)22-16-10-9-15-21(22)19-11-5-3-6-12-19;/h3,5-6,9-12,15-16,20,25H,4,7-8,13-14,17H2,1-2H3;1H. The summed E-state index contributed by atoms with van der Waals surface area (Å²) in [5.41, 5.74) is 3.34. The normalized spacial score (nSPS) is 18.0. The molecule has 1 N–H and O–H groups in total. The molecule has 0 saturated heterocycles. The van der Waals surface area contributed by atoms with Gasteiger partial charge in [-0.2, -0.15) is 0 Å². The molecule has 2 aromatic rings. The Morgan fingerprint density at radius 3 is 2.31 bits per heavy atom. The Morgan fingerprint density at radius 2 is 1.62 bits per heavy atom. The monoisotopic (exact) mass is 371 g/mol. The average molecular weight is 372 g/mol. The van der Waals surface area contributed by atoms with E-state index in [-0.39, 0.29) is 12.4 Å². The van der Waals surface area contributed by atoms with E-state index in [0.29, 0.717) is 12.5 Å². The lowest BCUT2D eigenvalue weighted by Gasteiger charge is -2.27. The van der Waals surface area contributed by atoms with Crippen LogP contribution in [0.15, 0.2) is 59.6 Å². The smallest absolute Gasteiger partial charge is 0.0926 e. The topological polar surface area (TPSA) is 32.6 Å². The van der Waals surface area contributed by atoms with Crippen LogP contribution in [0.1, 0.15) is 57.9 Å². The summed E-state index contributed by atoms with van der Waals surface area (Å²) in [5.74, 6) is 0. The molecule has 0 amide bonds. The van der Waals surface area contributed by atoms with Gasteiger partial charge in [-0.15, -0.1) is 12.4 Å². The fourth-order valence-electron chi connectivity index (χ4n) is 3.98. The third-order valence-electron chi connectivity index (χ3n) is 5.17. The third kappa shape index (κ3) is 5.18. The average Bonchev–Trinajstić information content (AvgIpc) is 2.63. The van der Waals surface area contributed by atoms with Crippen molar-refractivity contribution in [1.82, 2.24) is 0 Å². The lowest BCUT2D eigenvalue weighted by molar-refractivity contribution is 0.0656. The van der Waals surface area contributed by atoms with Crippen molar-refractivity contribution in [2.24, 2.45) is 4.99 Å². The molecular formula is C23H30ClNO. The van der Waals surface area contributed by atoms with Crippen LogP contribution < -0.4 is 0 Å². The summed E-state index contributed by atoms with van der Waals surface area (Å²) in [6.07, 6.45) is 6.88. The molecule has 1 saturated carbocycles. The van der Waals surface area contributed by atoms with Crippen molar-refractivity contribution in [2.75, 3.05) is 0 Å². The van der Waals surface area contributed by atoms with Crippen molar-refractivity contribution in [3.05, 3.63) is 60.2 Å². The number of aliphatic hydroxyl groups is 1. The Kier molecular flexibility index (Phi) is 7.43. The summed E-state index contributed by atoms with van der Waals surface area (Å²) < 4.78 is 0. The molecule has 2 aromatic carbocycles. The van der Waals surface area contributed by atoms with E-state index in [0.717, 1.165) is 22.4 Å². The zero-order chi connectivity index (χ0) is 17.7. The van der Waals surface area contributed by atoms with Crippen molar-refractivity contribution in [2.45, 2.75) is 64.0 Å².